The lowest BCUT2D eigenvalue weighted by Gasteiger charge is -2.27. The molecule has 0 fully saturated rings. The van der Waals surface area contributed by atoms with Crippen LogP contribution in [-0.2, 0) is 0 Å². The van der Waals surface area contributed by atoms with Crippen molar-refractivity contribution in [3.05, 3.63) is 83.2 Å². The van der Waals surface area contributed by atoms with E-state index in [1.165, 1.54) is 11.2 Å². The molecule has 0 saturated heterocycles. The van der Waals surface area contributed by atoms with E-state index in [4.69, 9.17) is 22.1 Å². The standard InChI is InChI=1S/C17H15N5/c18-9-10-22(21)17(15-5-1-13(11-19)2-6-15)16-7-3-14(12-20)4-8-16/h1-10,17H,18,21H2/b10-9-. The summed E-state index contributed by atoms with van der Waals surface area (Å²) in [6.07, 6.45) is 2.93. The Morgan fingerprint density at radius 2 is 1.27 bits per heavy atom. The van der Waals surface area contributed by atoms with Gasteiger partial charge in [0, 0.05) is 12.4 Å². The second-order valence-electron chi connectivity index (χ2n) is 4.66. The first-order valence-electron chi connectivity index (χ1n) is 6.61. The van der Waals surface area contributed by atoms with Gasteiger partial charge in [-0.2, -0.15) is 10.5 Å². The van der Waals surface area contributed by atoms with Gasteiger partial charge in [-0.1, -0.05) is 24.3 Å². The van der Waals surface area contributed by atoms with Gasteiger partial charge in [0.05, 0.1) is 29.3 Å². The van der Waals surface area contributed by atoms with Gasteiger partial charge < -0.3 is 10.7 Å². The summed E-state index contributed by atoms with van der Waals surface area (Å²) >= 11 is 0. The van der Waals surface area contributed by atoms with Gasteiger partial charge in [-0.3, -0.25) is 0 Å². The Hall–Kier alpha value is -3.28. The Balaban J connectivity index is 2.45. The summed E-state index contributed by atoms with van der Waals surface area (Å²) < 4.78 is 0. The van der Waals surface area contributed by atoms with Gasteiger partial charge in [-0.15, -0.1) is 0 Å². The quantitative estimate of drug-likeness (QED) is 0.663. The molecule has 0 saturated carbocycles. The van der Waals surface area contributed by atoms with E-state index < -0.39 is 0 Å². The van der Waals surface area contributed by atoms with Crippen molar-refractivity contribution in [2.45, 2.75) is 6.04 Å². The minimum absolute atomic E-state index is 0.264. The average Bonchev–Trinajstić information content (AvgIpc) is 2.56. The van der Waals surface area contributed by atoms with Crippen LogP contribution >= 0.6 is 0 Å². The maximum Gasteiger partial charge on any atom is 0.0991 e. The topological polar surface area (TPSA) is 103 Å². The SMILES string of the molecule is N#Cc1ccc(C(c2ccc(C#N)cc2)N(N)/C=C\N)cc1. The molecular formula is C17H15N5. The molecule has 0 aliphatic rings. The molecule has 0 aliphatic carbocycles. The van der Waals surface area contributed by atoms with Gasteiger partial charge in [0.25, 0.3) is 0 Å². The highest BCUT2D eigenvalue weighted by atomic mass is 15.4. The molecule has 0 aromatic heterocycles. The number of hydrazine groups is 1. The normalized spacial score (nSPS) is 10.4. The second-order valence-corrected chi connectivity index (χ2v) is 4.66. The first kappa shape index (κ1) is 15.1. The third-order valence-electron chi connectivity index (χ3n) is 3.27. The number of benzene rings is 2. The fourth-order valence-electron chi connectivity index (χ4n) is 2.20. The molecular weight excluding hydrogens is 274 g/mol. The van der Waals surface area contributed by atoms with Gasteiger partial charge >= 0.3 is 0 Å². The summed E-state index contributed by atoms with van der Waals surface area (Å²) in [5.74, 6) is 6.07. The Labute approximate surface area is 129 Å². The van der Waals surface area contributed by atoms with Crippen LogP contribution in [0.25, 0.3) is 0 Å². The third-order valence-corrected chi connectivity index (χ3v) is 3.27. The number of nitriles is 2. The Kier molecular flexibility index (Phi) is 4.77. The van der Waals surface area contributed by atoms with Crippen LogP contribution < -0.4 is 11.6 Å². The van der Waals surface area contributed by atoms with Crippen LogP contribution in [0.15, 0.2) is 60.9 Å². The van der Waals surface area contributed by atoms with Crippen LogP contribution in [0.5, 0.6) is 0 Å². The van der Waals surface area contributed by atoms with Crippen molar-refractivity contribution in [2.24, 2.45) is 11.6 Å². The zero-order valence-electron chi connectivity index (χ0n) is 11.8. The molecule has 2 aromatic rings. The summed E-state index contributed by atoms with van der Waals surface area (Å²) in [6.45, 7) is 0. The van der Waals surface area contributed by atoms with Crippen molar-refractivity contribution in [3.8, 4) is 12.1 Å². The lowest BCUT2D eigenvalue weighted by molar-refractivity contribution is 0.329. The van der Waals surface area contributed by atoms with Crippen molar-refractivity contribution < 1.29 is 0 Å². The van der Waals surface area contributed by atoms with E-state index in [1.807, 2.05) is 24.3 Å². The summed E-state index contributed by atoms with van der Waals surface area (Å²) in [7, 11) is 0. The summed E-state index contributed by atoms with van der Waals surface area (Å²) in [4.78, 5) is 0. The Morgan fingerprint density at radius 1 is 0.864 bits per heavy atom. The van der Waals surface area contributed by atoms with Crippen molar-refractivity contribution in [3.63, 3.8) is 0 Å². The number of hydrogen-bond donors (Lipinski definition) is 2. The molecule has 2 aromatic carbocycles. The van der Waals surface area contributed by atoms with Gasteiger partial charge in [0.1, 0.15) is 0 Å². The summed E-state index contributed by atoms with van der Waals surface area (Å²) in [6, 6.07) is 18.3. The van der Waals surface area contributed by atoms with Gasteiger partial charge in [-0.05, 0) is 35.4 Å². The van der Waals surface area contributed by atoms with Gasteiger partial charge in [0.2, 0.25) is 0 Å². The molecule has 0 aliphatic heterocycles. The molecule has 0 radical (unpaired) electrons. The van der Waals surface area contributed by atoms with Crippen LogP contribution in [-0.4, -0.2) is 5.01 Å². The largest absolute Gasteiger partial charge is 0.403 e. The molecule has 108 valence electrons. The predicted molar refractivity (Wildman–Crippen MR) is 83.5 cm³/mol. The maximum atomic E-state index is 8.89. The van der Waals surface area contributed by atoms with Crippen LogP contribution in [0.4, 0.5) is 0 Å². The smallest absolute Gasteiger partial charge is 0.0991 e. The van der Waals surface area contributed by atoms with Crippen molar-refractivity contribution >= 4 is 0 Å². The van der Waals surface area contributed by atoms with Crippen molar-refractivity contribution in [1.82, 2.24) is 5.01 Å². The minimum atomic E-state index is -0.264. The van der Waals surface area contributed by atoms with Crippen molar-refractivity contribution in [1.29, 1.82) is 10.5 Å². The zero-order valence-corrected chi connectivity index (χ0v) is 11.8. The molecule has 0 atom stereocenters. The van der Waals surface area contributed by atoms with Crippen LogP contribution in [0.1, 0.15) is 28.3 Å². The van der Waals surface area contributed by atoms with E-state index in [-0.39, 0.29) is 6.04 Å². The van der Waals surface area contributed by atoms with E-state index >= 15 is 0 Å². The number of hydrogen-bond acceptors (Lipinski definition) is 5. The molecule has 0 heterocycles. The molecule has 22 heavy (non-hydrogen) atoms. The number of nitrogens with two attached hydrogens (primary N) is 2. The average molecular weight is 289 g/mol. The first-order chi connectivity index (χ1) is 10.7. The molecule has 0 amide bonds. The number of rotatable bonds is 4. The minimum Gasteiger partial charge on any atom is -0.403 e. The van der Waals surface area contributed by atoms with Crippen molar-refractivity contribution in [2.75, 3.05) is 0 Å². The molecule has 5 nitrogen and oxygen atoms in total. The molecule has 0 spiro atoms. The second kappa shape index (κ2) is 6.94. The lowest BCUT2D eigenvalue weighted by Crippen LogP contribution is -2.31. The molecule has 4 N–H and O–H groups in total. The van der Waals surface area contributed by atoms with Gasteiger partial charge in [0.15, 0.2) is 0 Å². The van der Waals surface area contributed by atoms with E-state index in [2.05, 4.69) is 12.1 Å². The monoisotopic (exact) mass is 289 g/mol. The number of nitrogens with zero attached hydrogens (tertiary/aromatic N) is 3. The molecule has 0 unspecified atom stereocenters. The Morgan fingerprint density at radius 3 is 1.59 bits per heavy atom. The Bertz CT molecular complexity index is 675. The van der Waals surface area contributed by atoms with Gasteiger partial charge in [-0.25, -0.2) is 5.84 Å². The highest BCUT2D eigenvalue weighted by molar-refractivity contribution is 5.40. The van der Waals surface area contributed by atoms with Crippen LogP contribution in [0.2, 0.25) is 0 Å². The van der Waals surface area contributed by atoms with E-state index in [0.717, 1.165) is 11.1 Å². The van der Waals surface area contributed by atoms with E-state index in [1.54, 1.807) is 30.5 Å². The summed E-state index contributed by atoms with van der Waals surface area (Å²) in [5.41, 5.74) is 8.43. The predicted octanol–water partition coefficient (Wildman–Crippen LogP) is 2.12. The highest BCUT2D eigenvalue weighted by Crippen LogP contribution is 2.27. The molecule has 5 heteroatoms. The van der Waals surface area contributed by atoms with Crippen LogP contribution in [0, 0.1) is 22.7 Å². The zero-order chi connectivity index (χ0) is 15.9. The lowest BCUT2D eigenvalue weighted by atomic mass is 9.96. The molecule has 0 bridgehead atoms. The van der Waals surface area contributed by atoms with Crippen LogP contribution in [0.3, 0.4) is 0 Å². The highest BCUT2D eigenvalue weighted by Gasteiger charge is 2.18. The first-order valence-corrected chi connectivity index (χ1v) is 6.61. The maximum absolute atomic E-state index is 8.89. The fraction of sp³-hybridized carbons (Fsp3) is 0.0588. The molecule has 2 rings (SSSR count). The van der Waals surface area contributed by atoms with E-state index in [0.29, 0.717) is 11.1 Å². The summed E-state index contributed by atoms with van der Waals surface area (Å²) in [5, 5.41) is 19.3. The third kappa shape index (κ3) is 3.24. The van der Waals surface area contributed by atoms with E-state index in [9.17, 15) is 0 Å². The fourth-order valence-corrected chi connectivity index (χ4v) is 2.20.